The third-order valence-corrected chi connectivity index (χ3v) is 4.76. The Morgan fingerprint density at radius 2 is 2.29 bits per heavy atom. The second kappa shape index (κ2) is 6.12. The Balaban J connectivity index is 1.63. The Morgan fingerprint density at radius 1 is 1.43 bits per heavy atom. The number of fused-ring (bicyclic) bond motifs is 1. The van der Waals surface area contributed by atoms with Crippen molar-refractivity contribution in [2.75, 3.05) is 13.1 Å². The summed E-state index contributed by atoms with van der Waals surface area (Å²) in [5.41, 5.74) is 7.88. The number of nitrogens with one attached hydrogen (secondary N) is 1. The summed E-state index contributed by atoms with van der Waals surface area (Å²) in [7, 11) is 0. The van der Waals surface area contributed by atoms with E-state index in [9.17, 15) is 4.79 Å². The zero-order valence-electron chi connectivity index (χ0n) is 12.0. The lowest BCUT2D eigenvalue weighted by Crippen LogP contribution is -2.53. The van der Waals surface area contributed by atoms with Gasteiger partial charge in [0.25, 0.3) is 0 Å². The lowest BCUT2D eigenvalue weighted by Gasteiger charge is -2.41. The molecule has 2 atom stereocenters. The number of amides is 1. The zero-order valence-corrected chi connectivity index (χ0v) is 12.9. The molecule has 0 spiro atoms. The van der Waals surface area contributed by atoms with Crippen LogP contribution in [0.15, 0.2) is 24.3 Å². The lowest BCUT2D eigenvalue weighted by molar-refractivity contribution is -0.125. The molecule has 3 N–H and O–H groups in total. The molecule has 2 unspecified atom stereocenters. The van der Waals surface area contributed by atoms with E-state index in [-0.39, 0.29) is 5.91 Å². The number of nitrogens with zero attached hydrogens (tertiary/aromatic N) is 1. The highest BCUT2D eigenvalue weighted by atomic mass is 32.1. The summed E-state index contributed by atoms with van der Waals surface area (Å²) in [5, 5.41) is 3.13. The minimum absolute atomic E-state index is 0.217. The van der Waals surface area contributed by atoms with Gasteiger partial charge in [-0.25, -0.2) is 0 Å². The van der Waals surface area contributed by atoms with Crippen LogP contribution < -0.4 is 11.1 Å². The molecule has 1 amide bonds. The third kappa shape index (κ3) is 3.41. The topological polar surface area (TPSA) is 58.4 Å². The number of carbonyl (C=O) groups is 1. The predicted molar refractivity (Wildman–Crippen MR) is 86.9 cm³/mol. The second-order valence-corrected chi connectivity index (χ2v) is 6.50. The molecule has 0 bridgehead atoms. The molecular weight excluding hydrogens is 282 g/mol. The third-order valence-electron chi connectivity index (χ3n) is 4.52. The van der Waals surface area contributed by atoms with E-state index >= 15 is 0 Å². The van der Waals surface area contributed by atoms with Gasteiger partial charge in [0, 0.05) is 37.7 Å². The number of benzene rings is 1. The molecule has 21 heavy (non-hydrogen) atoms. The number of hydrogen-bond acceptors (Lipinski definition) is 3. The summed E-state index contributed by atoms with van der Waals surface area (Å²) < 4.78 is 0. The van der Waals surface area contributed by atoms with Crippen molar-refractivity contribution in [1.82, 2.24) is 10.2 Å². The summed E-state index contributed by atoms with van der Waals surface area (Å²) >= 11 is 5.04. The Hall–Kier alpha value is -1.46. The fraction of sp³-hybridized carbons (Fsp3) is 0.500. The normalized spacial score (nSPS) is 26.0. The van der Waals surface area contributed by atoms with Crippen molar-refractivity contribution in [3.05, 3.63) is 35.4 Å². The molecule has 5 heteroatoms. The highest BCUT2D eigenvalue weighted by molar-refractivity contribution is 7.80. The van der Waals surface area contributed by atoms with Crippen molar-refractivity contribution in [2.45, 2.75) is 31.8 Å². The number of carbonyl (C=O) groups excluding carboxylic acids is 1. The van der Waals surface area contributed by atoms with Crippen LogP contribution in [0.2, 0.25) is 0 Å². The standard InChI is InChI=1S/C16H21N3OS/c17-16(21)12-3-1-2-11(8-12)9-19-7-6-14-13(10-19)4-5-15(20)18-14/h1-3,8,13-14H,4-7,9-10H2,(H2,17,21)(H,18,20). The molecule has 2 fully saturated rings. The Kier molecular flexibility index (Phi) is 4.22. The van der Waals surface area contributed by atoms with E-state index in [4.69, 9.17) is 18.0 Å². The first kappa shape index (κ1) is 14.5. The number of rotatable bonds is 3. The van der Waals surface area contributed by atoms with Crippen LogP contribution in [-0.2, 0) is 11.3 Å². The van der Waals surface area contributed by atoms with Gasteiger partial charge in [-0.3, -0.25) is 9.69 Å². The van der Waals surface area contributed by atoms with Crippen LogP contribution in [0.1, 0.15) is 30.4 Å². The van der Waals surface area contributed by atoms with Gasteiger partial charge in [0.15, 0.2) is 0 Å². The molecule has 1 aromatic carbocycles. The highest BCUT2D eigenvalue weighted by Gasteiger charge is 2.33. The maximum absolute atomic E-state index is 11.4. The van der Waals surface area contributed by atoms with Gasteiger partial charge in [-0.15, -0.1) is 0 Å². The van der Waals surface area contributed by atoms with E-state index in [1.54, 1.807) is 0 Å². The first-order chi connectivity index (χ1) is 10.1. The van der Waals surface area contributed by atoms with E-state index < -0.39 is 0 Å². The number of thiocarbonyl (C=S) groups is 1. The average molecular weight is 303 g/mol. The monoisotopic (exact) mass is 303 g/mol. The molecule has 2 heterocycles. The fourth-order valence-corrected chi connectivity index (χ4v) is 3.54. The number of piperidine rings is 2. The molecule has 112 valence electrons. The predicted octanol–water partition coefficient (Wildman–Crippen LogP) is 1.42. The number of hydrogen-bond donors (Lipinski definition) is 2. The molecule has 0 aliphatic carbocycles. The van der Waals surface area contributed by atoms with Crippen molar-refractivity contribution in [2.24, 2.45) is 11.7 Å². The van der Waals surface area contributed by atoms with Gasteiger partial charge in [-0.1, -0.05) is 30.4 Å². The van der Waals surface area contributed by atoms with Crippen LogP contribution in [0, 0.1) is 5.92 Å². The maximum Gasteiger partial charge on any atom is 0.220 e. The van der Waals surface area contributed by atoms with Crippen molar-refractivity contribution in [1.29, 1.82) is 0 Å². The summed E-state index contributed by atoms with van der Waals surface area (Å²) in [6.07, 6.45) is 2.73. The average Bonchev–Trinajstić information content (AvgIpc) is 2.48. The molecule has 0 aromatic heterocycles. The molecule has 2 aliphatic rings. The van der Waals surface area contributed by atoms with E-state index in [0.29, 0.717) is 23.4 Å². The number of nitrogens with two attached hydrogens (primary N) is 1. The minimum Gasteiger partial charge on any atom is -0.389 e. The summed E-state index contributed by atoms with van der Waals surface area (Å²) in [6.45, 7) is 3.01. The van der Waals surface area contributed by atoms with E-state index in [2.05, 4.69) is 22.3 Å². The first-order valence-corrected chi connectivity index (χ1v) is 7.93. The largest absolute Gasteiger partial charge is 0.389 e. The smallest absolute Gasteiger partial charge is 0.220 e. The Bertz CT molecular complexity index is 560. The van der Waals surface area contributed by atoms with Gasteiger partial charge in [0.2, 0.25) is 5.91 Å². The van der Waals surface area contributed by atoms with Crippen molar-refractivity contribution in [3.63, 3.8) is 0 Å². The van der Waals surface area contributed by atoms with Crippen molar-refractivity contribution >= 4 is 23.1 Å². The van der Waals surface area contributed by atoms with Crippen LogP contribution in [0.5, 0.6) is 0 Å². The molecule has 0 radical (unpaired) electrons. The molecule has 0 saturated carbocycles. The van der Waals surface area contributed by atoms with Crippen molar-refractivity contribution in [3.8, 4) is 0 Å². The van der Waals surface area contributed by atoms with E-state index in [0.717, 1.165) is 38.0 Å². The van der Waals surface area contributed by atoms with Crippen LogP contribution in [0.25, 0.3) is 0 Å². The highest BCUT2D eigenvalue weighted by Crippen LogP contribution is 2.26. The number of likely N-dealkylation sites (tertiary alicyclic amines) is 1. The van der Waals surface area contributed by atoms with E-state index in [1.165, 1.54) is 5.56 Å². The van der Waals surface area contributed by atoms with E-state index in [1.807, 2.05) is 12.1 Å². The van der Waals surface area contributed by atoms with Crippen LogP contribution in [0.4, 0.5) is 0 Å². The second-order valence-electron chi connectivity index (χ2n) is 6.06. The van der Waals surface area contributed by atoms with Gasteiger partial charge in [-0.05, 0) is 30.4 Å². The fourth-order valence-electron chi connectivity index (χ4n) is 3.41. The summed E-state index contributed by atoms with van der Waals surface area (Å²) in [4.78, 5) is 14.4. The summed E-state index contributed by atoms with van der Waals surface area (Å²) in [5.74, 6) is 0.809. The van der Waals surface area contributed by atoms with Gasteiger partial charge >= 0.3 is 0 Å². The molecule has 3 rings (SSSR count). The molecule has 4 nitrogen and oxygen atoms in total. The quantitative estimate of drug-likeness (QED) is 0.829. The van der Waals surface area contributed by atoms with Gasteiger partial charge in [0.05, 0.1) is 0 Å². The van der Waals surface area contributed by atoms with Crippen LogP contribution >= 0.6 is 12.2 Å². The Morgan fingerprint density at radius 3 is 3.10 bits per heavy atom. The van der Waals surface area contributed by atoms with Gasteiger partial charge < -0.3 is 11.1 Å². The SMILES string of the molecule is NC(=S)c1cccc(CN2CCC3NC(=O)CCC3C2)c1. The molecular formula is C16H21N3OS. The van der Waals surface area contributed by atoms with Crippen molar-refractivity contribution < 1.29 is 4.79 Å². The van der Waals surface area contributed by atoms with Crippen LogP contribution in [-0.4, -0.2) is 34.9 Å². The first-order valence-electron chi connectivity index (χ1n) is 7.52. The molecule has 2 aliphatic heterocycles. The molecule has 1 aromatic rings. The summed E-state index contributed by atoms with van der Waals surface area (Å²) in [6, 6.07) is 8.55. The van der Waals surface area contributed by atoms with Crippen LogP contribution in [0.3, 0.4) is 0 Å². The lowest BCUT2D eigenvalue weighted by atomic mass is 9.85. The minimum atomic E-state index is 0.217. The van der Waals surface area contributed by atoms with Gasteiger partial charge in [0.1, 0.15) is 4.99 Å². The Labute approximate surface area is 130 Å². The maximum atomic E-state index is 11.4. The zero-order chi connectivity index (χ0) is 14.8. The van der Waals surface area contributed by atoms with Gasteiger partial charge in [-0.2, -0.15) is 0 Å². The molecule has 2 saturated heterocycles.